The predicted octanol–water partition coefficient (Wildman–Crippen LogP) is -0.897. The molecule has 0 aromatic heterocycles. The number of rotatable bonds is 6. The number of nitrogens with zero attached hydrogens (tertiary/aromatic N) is 1. The molecule has 0 amide bonds. The molecule has 0 atom stereocenters. The topological polar surface area (TPSA) is 49.4 Å². The summed E-state index contributed by atoms with van der Waals surface area (Å²) in [4.78, 5) is 5.08. The Morgan fingerprint density at radius 2 is 2.00 bits per heavy atom. The van der Waals surface area contributed by atoms with E-state index in [1.807, 2.05) is 30.3 Å². The third-order valence-corrected chi connectivity index (χ3v) is 1.88. The summed E-state index contributed by atoms with van der Waals surface area (Å²) < 4.78 is 0. The van der Waals surface area contributed by atoms with Crippen LogP contribution in [0, 0.1) is 0 Å². The van der Waals surface area contributed by atoms with Crippen LogP contribution in [0.4, 0.5) is 0 Å². The number of hydrogen-bond donors (Lipinski definition) is 1. The Labute approximate surface area is 132 Å². The molecule has 0 saturated carbocycles. The van der Waals surface area contributed by atoms with E-state index in [0.717, 1.165) is 11.3 Å². The van der Waals surface area contributed by atoms with Gasteiger partial charge in [-0.25, -0.2) is 0 Å². The Morgan fingerprint density at radius 1 is 1.29 bits per heavy atom. The zero-order valence-corrected chi connectivity index (χ0v) is 12.3. The van der Waals surface area contributed by atoms with Gasteiger partial charge in [-0.1, -0.05) is 42.3 Å². The minimum absolute atomic E-state index is 0. The molecule has 2 N–H and O–H groups in total. The minimum atomic E-state index is 0. The molecule has 0 saturated heterocycles. The van der Waals surface area contributed by atoms with Gasteiger partial charge in [0, 0.05) is 0 Å². The van der Waals surface area contributed by atoms with Crippen molar-refractivity contribution in [3.63, 3.8) is 0 Å². The van der Waals surface area contributed by atoms with Crippen LogP contribution in [0.25, 0.3) is 5.48 Å². The van der Waals surface area contributed by atoms with E-state index in [2.05, 4.69) is 5.48 Å². The standard InChI is InChI=1S/C9H13N2OS.K/c10-13-7-6-11-12-8-9-4-2-1-3-5-9;/h1-5H,6-8,10H2;/q-1;+1. The first-order valence-electron chi connectivity index (χ1n) is 4.08. The number of hydroxylamine groups is 1. The summed E-state index contributed by atoms with van der Waals surface area (Å²) in [6.45, 7) is 1.18. The van der Waals surface area contributed by atoms with Crippen LogP contribution in [0.15, 0.2) is 30.3 Å². The van der Waals surface area contributed by atoms with E-state index in [-0.39, 0.29) is 51.4 Å². The van der Waals surface area contributed by atoms with E-state index in [1.54, 1.807) is 0 Å². The van der Waals surface area contributed by atoms with E-state index in [1.165, 1.54) is 11.9 Å². The minimum Gasteiger partial charge on any atom is -0.533 e. The fourth-order valence-corrected chi connectivity index (χ4v) is 1.03. The molecule has 5 heteroatoms. The molecule has 0 aliphatic heterocycles. The summed E-state index contributed by atoms with van der Waals surface area (Å²) in [6, 6.07) is 9.95. The Hall–Kier alpha value is 1.09. The molecule has 0 heterocycles. The fraction of sp³-hybridized carbons (Fsp3) is 0.333. The second kappa shape index (κ2) is 10.6. The molecular weight excluding hydrogens is 223 g/mol. The maximum Gasteiger partial charge on any atom is 1.00 e. The molecule has 0 radical (unpaired) electrons. The normalized spacial score (nSPS) is 9.50. The molecule has 1 aromatic rings. The Morgan fingerprint density at radius 3 is 2.64 bits per heavy atom. The molecule has 72 valence electrons. The third-order valence-electron chi connectivity index (χ3n) is 1.47. The Balaban J connectivity index is 0.00000169. The van der Waals surface area contributed by atoms with Crippen LogP contribution in [-0.4, -0.2) is 12.3 Å². The molecule has 3 nitrogen and oxygen atoms in total. The molecule has 0 unspecified atom stereocenters. The van der Waals surface area contributed by atoms with Gasteiger partial charge in [0.2, 0.25) is 0 Å². The van der Waals surface area contributed by atoms with Crippen LogP contribution >= 0.6 is 11.9 Å². The maximum absolute atomic E-state index is 5.22. The maximum atomic E-state index is 5.22. The first-order chi connectivity index (χ1) is 6.43. The molecule has 1 aromatic carbocycles. The molecular formula is C9H13KN2OS. The van der Waals surface area contributed by atoms with Crippen molar-refractivity contribution in [2.75, 3.05) is 12.3 Å². The van der Waals surface area contributed by atoms with Gasteiger partial charge in [-0.15, -0.1) is 6.54 Å². The Kier molecular flexibility index (Phi) is 11.4. The average molecular weight is 236 g/mol. The van der Waals surface area contributed by atoms with E-state index in [9.17, 15) is 0 Å². The summed E-state index contributed by atoms with van der Waals surface area (Å²) in [5, 5.41) is 5.22. The molecule has 0 bridgehead atoms. The first kappa shape index (κ1) is 15.1. The van der Waals surface area contributed by atoms with Gasteiger partial charge in [0.1, 0.15) is 0 Å². The van der Waals surface area contributed by atoms with E-state index >= 15 is 0 Å². The molecule has 14 heavy (non-hydrogen) atoms. The van der Waals surface area contributed by atoms with Crippen molar-refractivity contribution in [3.05, 3.63) is 41.4 Å². The van der Waals surface area contributed by atoms with Crippen LogP contribution in [0.5, 0.6) is 0 Å². The molecule has 0 fully saturated rings. The van der Waals surface area contributed by atoms with Gasteiger partial charge in [-0.3, -0.25) is 5.14 Å². The molecule has 0 spiro atoms. The smallest absolute Gasteiger partial charge is 0.533 e. The monoisotopic (exact) mass is 236 g/mol. The van der Waals surface area contributed by atoms with Crippen LogP contribution in [0.2, 0.25) is 0 Å². The number of hydrogen-bond acceptors (Lipinski definition) is 3. The second-order valence-corrected chi connectivity index (χ2v) is 3.22. The van der Waals surface area contributed by atoms with Gasteiger partial charge < -0.3 is 10.3 Å². The van der Waals surface area contributed by atoms with Crippen LogP contribution in [-0.2, 0) is 11.4 Å². The van der Waals surface area contributed by atoms with E-state index in [4.69, 9.17) is 9.98 Å². The van der Waals surface area contributed by atoms with Crippen molar-refractivity contribution in [2.45, 2.75) is 6.61 Å². The quantitative estimate of drug-likeness (QED) is 0.301. The largest absolute Gasteiger partial charge is 1.00 e. The van der Waals surface area contributed by atoms with Crippen LogP contribution in [0.3, 0.4) is 0 Å². The van der Waals surface area contributed by atoms with Crippen molar-refractivity contribution in [1.82, 2.24) is 0 Å². The fourth-order valence-electron chi connectivity index (χ4n) is 0.849. The van der Waals surface area contributed by atoms with Gasteiger partial charge >= 0.3 is 51.4 Å². The zero-order chi connectivity index (χ0) is 9.36. The van der Waals surface area contributed by atoms with Gasteiger partial charge in [-0.05, 0) is 11.3 Å². The molecule has 1 rings (SSSR count). The van der Waals surface area contributed by atoms with Crippen molar-refractivity contribution < 1.29 is 56.2 Å². The van der Waals surface area contributed by atoms with Gasteiger partial charge in [0.05, 0.1) is 6.61 Å². The van der Waals surface area contributed by atoms with Crippen LogP contribution in [0.1, 0.15) is 5.56 Å². The van der Waals surface area contributed by atoms with Gasteiger partial charge in [0.25, 0.3) is 0 Å². The SMILES string of the molecule is NSCC[N-]OCc1ccccc1.[K+]. The third kappa shape index (κ3) is 7.39. The van der Waals surface area contributed by atoms with Gasteiger partial charge in [-0.2, -0.15) is 0 Å². The van der Waals surface area contributed by atoms with Crippen molar-refractivity contribution in [1.29, 1.82) is 0 Å². The zero-order valence-electron chi connectivity index (χ0n) is 8.35. The summed E-state index contributed by atoms with van der Waals surface area (Å²) in [7, 11) is 0. The summed E-state index contributed by atoms with van der Waals surface area (Å²) >= 11 is 1.27. The molecule has 0 aliphatic rings. The number of benzene rings is 1. The van der Waals surface area contributed by atoms with Crippen molar-refractivity contribution in [2.24, 2.45) is 5.14 Å². The Bertz CT molecular complexity index is 223. The second-order valence-electron chi connectivity index (χ2n) is 2.48. The van der Waals surface area contributed by atoms with Crippen molar-refractivity contribution >= 4 is 11.9 Å². The van der Waals surface area contributed by atoms with Crippen molar-refractivity contribution in [3.8, 4) is 0 Å². The predicted molar refractivity (Wildman–Crippen MR) is 56.1 cm³/mol. The van der Waals surface area contributed by atoms with Crippen LogP contribution < -0.4 is 56.5 Å². The number of nitrogens with two attached hydrogens (primary N) is 1. The summed E-state index contributed by atoms with van der Waals surface area (Å²) in [6.07, 6.45) is 0. The summed E-state index contributed by atoms with van der Waals surface area (Å²) in [5.41, 5.74) is 4.99. The van der Waals surface area contributed by atoms with Gasteiger partial charge in [0.15, 0.2) is 0 Å². The van der Waals surface area contributed by atoms with E-state index < -0.39 is 0 Å². The summed E-state index contributed by atoms with van der Waals surface area (Å²) in [5.74, 6) is 0.800. The average Bonchev–Trinajstić information content (AvgIpc) is 2.19. The van der Waals surface area contributed by atoms with E-state index in [0.29, 0.717) is 13.2 Å². The first-order valence-corrected chi connectivity index (χ1v) is 5.12. The molecule has 0 aliphatic carbocycles.